The van der Waals surface area contributed by atoms with Crippen LogP contribution in [-0.2, 0) is 18.3 Å². The number of nitrogens with one attached hydrogen (secondary N) is 1. The lowest BCUT2D eigenvalue weighted by molar-refractivity contribution is -0.115. The van der Waals surface area contributed by atoms with E-state index in [1.54, 1.807) is 6.20 Å². The van der Waals surface area contributed by atoms with Crippen molar-refractivity contribution in [1.29, 1.82) is 0 Å². The van der Waals surface area contributed by atoms with E-state index >= 15 is 0 Å². The van der Waals surface area contributed by atoms with Gasteiger partial charge in [-0.1, -0.05) is 0 Å². The first-order valence-electron chi connectivity index (χ1n) is 4.83. The average Bonchev–Trinajstić information content (AvgIpc) is 2.77. The van der Waals surface area contributed by atoms with E-state index < -0.39 is 0 Å². The molecular formula is C10H12N4OS. The maximum atomic E-state index is 11.6. The third kappa shape index (κ3) is 2.46. The SMILES string of the molecule is Cc1csc(NC(=O)Cc2nccn2C)n1. The molecule has 0 aromatic carbocycles. The van der Waals surface area contributed by atoms with Crippen LogP contribution in [0.15, 0.2) is 17.8 Å². The third-order valence-corrected chi connectivity index (χ3v) is 2.98. The molecule has 2 heterocycles. The Morgan fingerprint density at radius 1 is 1.62 bits per heavy atom. The van der Waals surface area contributed by atoms with Gasteiger partial charge >= 0.3 is 0 Å². The van der Waals surface area contributed by atoms with E-state index in [1.165, 1.54) is 11.3 Å². The van der Waals surface area contributed by atoms with Crippen molar-refractivity contribution in [2.45, 2.75) is 13.3 Å². The quantitative estimate of drug-likeness (QED) is 0.875. The summed E-state index contributed by atoms with van der Waals surface area (Å²) in [5.74, 6) is 0.648. The highest BCUT2D eigenvalue weighted by molar-refractivity contribution is 7.13. The van der Waals surface area contributed by atoms with E-state index in [0.29, 0.717) is 5.13 Å². The second-order valence-corrected chi connectivity index (χ2v) is 4.33. The molecule has 0 radical (unpaired) electrons. The van der Waals surface area contributed by atoms with Crippen molar-refractivity contribution < 1.29 is 4.79 Å². The first kappa shape index (κ1) is 10.8. The fourth-order valence-corrected chi connectivity index (χ4v) is 1.99. The van der Waals surface area contributed by atoms with Gasteiger partial charge in [0.1, 0.15) is 5.82 Å². The average molecular weight is 236 g/mol. The van der Waals surface area contributed by atoms with Crippen LogP contribution in [0.4, 0.5) is 5.13 Å². The predicted molar refractivity (Wildman–Crippen MR) is 62.4 cm³/mol. The molecule has 0 spiro atoms. The third-order valence-electron chi connectivity index (χ3n) is 2.11. The Morgan fingerprint density at radius 2 is 2.44 bits per heavy atom. The lowest BCUT2D eigenvalue weighted by atomic mass is 10.4. The molecule has 0 saturated carbocycles. The van der Waals surface area contributed by atoms with Gasteiger partial charge in [-0.05, 0) is 6.92 Å². The Balaban J connectivity index is 1.97. The van der Waals surface area contributed by atoms with Crippen molar-refractivity contribution in [3.05, 3.63) is 29.3 Å². The summed E-state index contributed by atoms with van der Waals surface area (Å²) in [5.41, 5.74) is 0.914. The number of hydrogen-bond donors (Lipinski definition) is 1. The molecule has 1 amide bonds. The van der Waals surface area contributed by atoms with Crippen LogP contribution in [0, 0.1) is 6.92 Å². The summed E-state index contributed by atoms with van der Waals surface area (Å²) in [7, 11) is 1.86. The number of rotatable bonds is 3. The van der Waals surface area contributed by atoms with Crippen LogP contribution in [0.1, 0.15) is 11.5 Å². The van der Waals surface area contributed by atoms with Gasteiger partial charge in [-0.2, -0.15) is 0 Å². The van der Waals surface area contributed by atoms with Gasteiger partial charge in [0.25, 0.3) is 0 Å². The van der Waals surface area contributed by atoms with Gasteiger partial charge in [0.2, 0.25) is 5.91 Å². The van der Waals surface area contributed by atoms with Gasteiger partial charge in [0.05, 0.1) is 12.1 Å². The second kappa shape index (κ2) is 4.44. The fourth-order valence-electron chi connectivity index (χ4n) is 1.29. The van der Waals surface area contributed by atoms with Crippen molar-refractivity contribution in [3.63, 3.8) is 0 Å². The molecule has 0 fully saturated rings. The zero-order valence-corrected chi connectivity index (χ0v) is 9.91. The standard InChI is InChI=1S/C10H12N4OS/c1-7-6-16-10(12-7)13-9(15)5-8-11-3-4-14(8)2/h3-4,6H,5H2,1-2H3,(H,12,13,15). The molecule has 2 aromatic heterocycles. The summed E-state index contributed by atoms with van der Waals surface area (Å²) < 4.78 is 1.83. The Kier molecular flexibility index (Phi) is 3.00. The number of thiazole rings is 1. The molecule has 1 N–H and O–H groups in total. The summed E-state index contributed by atoms with van der Waals surface area (Å²) in [6, 6.07) is 0. The Bertz CT molecular complexity index is 502. The maximum absolute atomic E-state index is 11.6. The molecule has 0 unspecified atom stereocenters. The number of aryl methyl sites for hydroxylation is 2. The Hall–Kier alpha value is -1.69. The van der Waals surface area contributed by atoms with Gasteiger partial charge in [-0.15, -0.1) is 11.3 Å². The minimum Gasteiger partial charge on any atom is -0.338 e. The molecule has 0 saturated heterocycles. The van der Waals surface area contributed by atoms with Crippen molar-refractivity contribution in [3.8, 4) is 0 Å². The van der Waals surface area contributed by atoms with E-state index in [-0.39, 0.29) is 12.3 Å². The lowest BCUT2D eigenvalue weighted by Gasteiger charge is -2.01. The molecule has 2 aromatic rings. The van der Waals surface area contributed by atoms with Crippen LogP contribution in [0.3, 0.4) is 0 Å². The Morgan fingerprint density at radius 3 is 3.00 bits per heavy atom. The summed E-state index contributed by atoms with van der Waals surface area (Å²) >= 11 is 1.42. The molecule has 0 aliphatic carbocycles. The van der Waals surface area contributed by atoms with Crippen molar-refractivity contribution >= 4 is 22.4 Å². The number of nitrogens with zero attached hydrogens (tertiary/aromatic N) is 3. The largest absolute Gasteiger partial charge is 0.338 e. The van der Waals surface area contributed by atoms with Crippen LogP contribution < -0.4 is 5.32 Å². The topological polar surface area (TPSA) is 59.8 Å². The zero-order chi connectivity index (χ0) is 11.5. The highest BCUT2D eigenvalue weighted by atomic mass is 32.1. The number of imidazole rings is 1. The molecule has 2 rings (SSSR count). The maximum Gasteiger partial charge on any atom is 0.233 e. The second-order valence-electron chi connectivity index (χ2n) is 3.47. The monoisotopic (exact) mass is 236 g/mol. The van der Waals surface area contributed by atoms with E-state index in [0.717, 1.165) is 11.5 Å². The highest BCUT2D eigenvalue weighted by Gasteiger charge is 2.09. The Labute approximate surface area is 97.2 Å². The van der Waals surface area contributed by atoms with Crippen molar-refractivity contribution in [1.82, 2.24) is 14.5 Å². The van der Waals surface area contributed by atoms with Crippen LogP contribution >= 0.6 is 11.3 Å². The predicted octanol–water partition coefficient (Wildman–Crippen LogP) is 1.37. The summed E-state index contributed by atoms with van der Waals surface area (Å²) in [5, 5.41) is 5.28. The number of hydrogen-bond acceptors (Lipinski definition) is 4. The van der Waals surface area contributed by atoms with Gasteiger partial charge in [-0.3, -0.25) is 4.79 Å². The molecule has 16 heavy (non-hydrogen) atoms. The summed E-state index contributed by atoms with van der Waals surface area (Å²) in [6.45, 7) is 1.89. The molecule has 84 valence electrons. The molecule has 0 bridgehead atoms. The van der Waals surface area contributed by atoms with E-state index in [4.69, 9.17) is 0 Å². The lowest BCUT2D eigenvalue weighted by Crippen LogP contribution is -2.16. The molecule has 0 atom stereocenters. The highest BCUT2D eigenvalue weighted by Crippen LogP contribution is 2.14. The van der Waals surface area contributed by atoms with E-state index in [9.17, 15) is 4.79 Å². The number of aromatic nitrogens is 3. The molecule has 5 nitrogen and oxygen atoms in total. The molecular weight excluding hydrogens is 224 g/mol. The number of carbonyl (C=O) groups excluding carboxylic acids is 1. The van der Waals surface area contributed by atoms with Gasteiger partial charge in [0.15, 0.2) is 5.13 Å². The smallest absolute Gasteiger partial charge is 0.233 e. The van der Waals surface area contributed by atoms with E-state index in [1.807, 2.05) is 30.1 Å². The number of carbonyl (C=O) groups is 1. The number of amides is 1. The van der Waals surface area contributed by atoms with Crippen LogP contribution in [0.2, 0.25) is 0 Å². The van der Waals surface area contributed by atoms with E-state index in [2.05, 4.69) is 15.3 Å². The van der Waals surface area contributed by atoms with Crippen LogP contribution in [0.5, 0.6) is 0 Å². The van der Waals surface area contributed by atoms with Gasteiger partial charge in [-0.25, -0.2) is 9.97 Å². The van der Waals surface area contributed by atoms with Crippen molar-refractivity contribution in [2.75, 3.05) is 5.32 Å². The van der Waals surface area contributed by atoms with Crippen molar-refractivity contribution in [2.24, 2.45) is 7.05 Å². The minimum absolute atomic E-state index is 0.0938. The van der Waals surface area contributed by atoms with Gasteiger partial charge < -0.3 is 9.88 Å². The fraction of sp³-hybridized carbons (Fsp3) is 0.300. The van der Waals surface area contributed by atoms with Crippen LogP contribution in [0.25, 0.3) is 0 Å². The number of anilines is 1. The molecule has 0 aliphatic heterocycles. The minimum atomic E-state index is -0.0938. The molecule has 0 aliphatic rings. The zero-order valence-electron chi connectivity index (χ0n) is 9.10. The molecule has 6 heteroatoms. The first-order chi connectivity index (χ1) is 7.65. The van der Waals surface area contributed by atoms with Gasteiger partial charge in [0, 0.05) is 24.8 Å². The van der Waals surface area contributed by atoms with Crippen LogP contribution in [-0.4, -0.2) is 20.4 Å². The normalized spacial score (nSPS) is 10.4. The summed E-state index contributed by atoms with van der Waals surface area (Å²) in [4.78, 5) is 19.9. The first-order valence-corrected chi connectivity index (χ1v) is 5.71. The summed E-state index contributed by atoms with van der Waals surface area (Å²) in [6.07, 6.45) is 3.76.